The van der Waals surface area contributed by atoms with Gasteiger partial charge in [0, 0.05) is 17.7 Å². The van der Waals surface area contributed by atoms with Crippen molar-refractivity contribution in [2.45, 2.75) is 33.2 Å². The Morgan fingerprint density at radius 3 is 2.38 bits per heavy atom. The molecule has 0 aromatic heterocycles. The first-order valence-electron chi connectivity index (χ1n) is 5.73. The van der Waals surface area contributed by atoms with Crippen LogP contribution in [0.5, 0.6) is 11.5 Å². The van der Waals surface area contributed by atoms with E-state index in [9.17, 15) is 0 Å². The molecule has 16 heavy (non-hydrogen) atoms. The number of nitrogens with two attached hydrogens (primary N) is 1. The average Bonchev–Trinajstić information content (AvgIpc) is 2.28. The smallest absolute Gasteiger partial charge is 0.127 e. The maximum absolute atomic E-state index is 5.92. The zero-order valence-electron chi connectivity index (χ0n) is 10.5. The third-order valence-corrected chi connectivity index (χ3v) is 2.58. The van der Waals surface area contributed by atoms with Gasteiger partial charge in [0.1, 0.15) is 11.5 Å². The van der Waals surface area contributed by atoms with Crippen LogP contribution in [0.4, 0.5) is 0 Å². The molecule has 1 atom stereocenters. The second kappa shape index (κ2) is 5.75. The van der Waals surface area contributed by atoms with Crippen molar-refractivity contribution >= 4 is 0 Å². The van der Waals surface area contributed by atoms with Gasteiger partial charge in [0.25, 0.3) is 0 Å². The molecule has 3 heteroatoms. The van der Waals surface area contributed by atoms with E-state index >= 15 is 0 Å². The van der Waals surface area contributed by atoms with E-state index < -0.39 is 0 Å². The molecule has 1 aromatic rings. The molecule has 0 saturated heterocycles. The van der Waals surface area contributed by atoms with Gasteiger partial charge < -0.3 is 15.2 Å². The quantitative estimate of drug-likeness (QED) is 0.834. The molecule has 0 aliphatic carbocycles. The van der Waals surface area contributed by atoms with E-state index in [0.29, 0.717) is 6.61 Å². The predicted molar refractivity (Wildman–Crippen MR) is 66.1 cm³/mol. The molecular formula is C13H21NO2. The molecule has 0 fully saturated rings. The molecule has 0 aliphatic heterocycles. The average molecular weight is 223 g/mol. The van der Waals surface area contributed by atoms with Crippen LogP contribution in [0, 0.1) is 0 Å². The van der Waals surface area contributed by atoms with E-state index in [1.807, 2.05) is 19.9 Å². The molecule has 0 spiro atoms. The van der Waals surface area contributed by atoms with Crippen LogP contribution in [-0.4, -0.2) is 13.7 Å². The lowest BCUT2D eigenvalue weighted by Crippen LogP contribution is -2.08. The normalized spacial score (nSPS) is 12.3. The van der Waals surface area contributed by atoms with Crippen LogP contribution in [0.25, 0.3) is 0 Å². The molecule has 0 saturated carbocycles. The Balaban J connectivity index is 3.22. The number of benzene rings is 1. The van der Waals surface area contributed by atoms with Crippen molar-refractivity contribution in [3.63, 3.8) is 0 Å². The summed E-state index contributed by atoms with van der Waals surface area (Å²) in [5.74, 6) is 1.70. The van der Waals surface area contributed by atoms with E-state index in [2.05, 4.69) is 13.0 Å². The minimum Gasteiger partial charge on any atom is -0.496 e. The summed E-state index contributed by atoms with van der Waals surface area (Å²) in [6, 6.07) is 3.98. The molecule has 1 unspecified atom stereocenters. The van der Waals surface area contributed by atoms with Crippen molar-refractivity contribution in [3.05, 3.63) is 23.3 Å². The van der Waals surface area contributed by atoms with Gasteiger partial charge in [-0.2, -0.15) is 0 Å². The van der Waals surface area contributed by atoms with E-state index in [-0.39, 0.29) is 6.04 Å². The fraction of sp³-hybridized carbons (Fsp3) is 0.538. The lowest BCUT2D eigenvalue weighted by Gasteiger charge is -2.17. The third-order valence-electron chi connectivity index (χ3n) is 2.58. The standard InChI is InChI=1S/C13H21NO2/c1-5-10-7-11(9(3)14)13(15-4)8-12(10)16-6-2/h7-9H,5-6,14H2,1-4H3. The summed E-state index contributed by atoms with van der Waals surface area (Å²) in [4.78, 5) is 0. The molecule has 0 amide bonds. The highest BCUT2D eigenvalue weighted by atomic mass is 16.5. The van der Waals surface area contributed by atoms with E-state index in [1.54, 1.807) is 7.11 Å². The van der Waals surface area contributed by atoms with Gasteiger partial charge in [-0.05, 0) is 31.9 Å². The Bertz CT molecular complexity index is 348. The first-order chi connectivity index (χ1) is 7.63. The van der Waals surface area contributed by atoms with E-state index in [4.69, 9.17) is 15.2 Å². The second-order valence-electron chi connectivity index (χ2n) is 3.78. The third kappa shape index (κ3) is 2.67. The van der Waals surface area contributed by atoms with Crippen LogP contribution >= 0.6 is 0 Å². The van der Waals surface area contributed by atoms with Crippen LogP contribution in [0.1, 0.15) is 37.9 Å². The first kappa shape index (κ1) is 12.8. The maximum Gasteiger partial charge on any atom is 0.127 e. The fourth-order valence-electron chi connectivity index (χ4n) is 1.72. The van der Waals surface area contributed by atoms with Gasteiger partial charge in [-0.15, -0.1) is 0 Å². The fourth-order valence-corrected chi connectivity index (χ4v) is 1.72. The summed E-state index contributed by atoms with van der Waals surface area (Å²) in [5.41, 5.74) is 8.12. The predicted octanol–water partition coefficient (Wildman–Crippen LogP) is 2.68. The van der Waals surface area contributed by atoms with Crippen molar-refractivity contribution in [2.75, 3.05) is 13.7 Å². The monoisotopic (exact) mass is 223 g/mol. The minimum atomic E-state index is -0.0315. The molecule has 90 valence electrons. The number of aryl methyl sites for hydroxylation is 1. The Morgan fingerprint density at radius 1 is 1.25 bits per heavy atom. The van der Waals surface area contributed by atoms with Crippen LogP contribution < -0.4 is 15.2 Å². The van der Waals surface area contributed by atoms with Gasteiger partial charge in [0.2, 0.25) is 0 Å². The SMILES string of the molecule is CCOc1cc(OC)c(C(C)N)cc1CC. The number of rotatable bonds is 5. The Kier molecular flexibility index (Phi) is 4.62. The first-order valence-corrected chi connectivity index (χ1v) is 5.73. The van der Waals surface area contributed by atoms with Crippen molar-refractivity contribution in [1.82, 2.24) is 0 Å². The zero-order chi connectivity index (χ0) is 12.1. The molecular weight excluding hydrogens is 202 g/mol. The van der Waals surface area contributed by atoms with Gasteiger partial charge in [-0.1, -0.05) is 6.92 Å². The van der Waals surface area contributed by atoms with Crippen LogP contribution in [0.2, 0.25) is 0 Å². The van der Waals surface area contributed by atoms with Crippen molar-refractivity contribution in [1.29, 1.82) is 0 Å². The highest BCUT2D eigenvalue weighted by molar-refractivity contribution is 5.47. The maximum atomic E-state index is 5.92. The molecule has 1 aromatic carbocycles. The van der Waals surface area contributed by atoms with Crippen LogP contribution in [0.3, 0.4) is 0 Å². The molecule has 0 bridgehead atoms. The molecule has 1 rings (SSSR count). The Labute approximate surface area is 97.6 Å². The summed E-state index contributed by atoms with van der Waals surface area (Å²) < 4.78 is 10.9. The van der Waals surface area contributed by atoms with Gasteiger partial charge in [0.05, 0.1) is 13.7 Å². The summed E-state index contributed by atoms with van der Waals surface area (Å²) in [6.07, 6.45) is 0.930. The second-order valence-corrected chi connectivity index (χ2v) is 3.78. The summed E-state index contributed by atoms with van der Waals surface area (Å²) in [7, 11) is 1.66. The Morgan fingerprint density at radius 2 is 1.94 bits per heavy atom. The van der Waals surface area contributed by atoms with Crippen molar-refractivity contribution < 1.29 is 9.47 Å². The largest absolute Gasteiger partial charge is 0.496 e. The topological polar surface area (TPSA) is 44.5 Å². The van der Waals surface area contributed by atoms with E-state index in [1.165, 1.54) is 5.56 Å². The van der Waals surface area contributed by atoms with Gasteiger partial charge in [-0.3, -0.25) is 0 Å². The molecule has 0 aliphatic rings. The van der Waals surface area contributed by atoms with Crippen LogP contribution in [0.15, 0.2) is 12.1 Å². The number of hydrogen-bond acceptors (Lipinski definition) is 3. The molecule has 0 heterocycles. The van der Waals surface area contributed by atoms with Crippen LogP contribution in [-0.2, 0) is 6.42 Å². The number of hydrogen-bond donors (Lipinski definition) is 1. The summed E-state index contributed by atoms with van der Waals surface area (Å²) in [5, 5.41) is 0. The zero-order valence-corrected chi connectivity index (χ0v) is 10.5. The van der Waals surface area contributed by atoms with Crippen molar-refractivity contribution in [2.24, 2.45) is 5.73 Å². The van der Waals surface area contributed by atoms with E-state index in [0.717, 1.165) is 23.5 Å². The lowest BCUT2D eigenvalue weighted by molar-refractivity contribution is 0.332. The molecule has 2 N–H and O–H groups in total. The highest BCUT2D eigenvalue weighted by Crippen LogP contribution is 2.32. The molecule has 0 radical (unpaired) electrons. The van der Waals surface area contributed by atoms with Gasteiger partial charge >= 0.3 is 0 Å². The van der Waals surface area contributed by atoms with Gasteiger partial charge in [-0.25, -0.2) is 0 Å². The number of ether oxygens (including phenoxy) is 2. The van der Waals surface area contributed by atoms with Crippen molar-refractivity contribution in [3.8, 4) is 11.5 Å². The lowest BCUT2D eigenvalue weighted by atomic mass is 10.0. The molecule has 3 nitrogen and oxygen atoms in total. The summed E-state index contributed by atoms with van der Waals surface area (Å²) in [6.45, 7) is 6.70. The Hall–Kier alpha value is -1.22. The van der Waals surface area contributed by atoms with Gasteiger partial charge in [0.15, 0.2) is 0 Å². The summed E-state index contributed by atoms with van der Waals surface area (Å²) >= 11 is 0. The minimum absolute atomic E-state index is 0.0315. The number of methoxy groups -OCH3 is 1. The highest BCUT2D eigenvalue weighted by Gasteiger charge is 2.12.